The Morgan fingerprint density at radius 1 is 1.56 bits per heavy atom. The number of aryl methyl sites for hydroxylation is 2. The fourth-order valence-electron chi connectivity index (χ4n) is 2.09. The Kier molecular flexibility index (Phi) is 4.20. The van der Waals surface area contributed by atoms with Crippen LogP contribution in [0.3, 0.4) is 0 Å². The molecular formula is C14H20N2O2. The molecule has 1 amide bonds. The molecular weight excluding hydrogens is 228 g/mol. The van der Waals surface area contributed by atoms with Gasteiger partial charge in [0, 0.05) is 19.5 Å². The Morgan fingerprint density at radius 3 is 3.00 bits per heavy atom. The lowest BCUT2D eigenvalue weighted by Gasteiger charge is -2.14. The zero-order valence-electron chi connectivity index (χ0n) is 11.0. The molecule has 2 N–H and O–H groups in total. The van der Waals surface area contributed by atoms with E-state index in [4.69, 9.17) is 4.42 Å². The molecule has 1 aromatic rings. The highest BCUT2D eigenvalue weighted by molar-refractivity contribution is 5.91. The number of hydrogen-bond acceptors (Lipinski definition) is 3. The molecule has 1 aromatic heterocycles. The SMILES string of the molecule is CCc1oc(C(=O)NCC2=CCNCC2)cc1C. The van der Waals surface area contributed by atoms with Gasteiger partial charge >= 0.3 is 0 Å². The van der Waals surface area contributed by atoms with Crippen LogP contribution in [0, 0.1) is 6.92 Å². The summed E-state index contributed by atoms with van der Waals surface area (Å²) < 4.78 is 5.52. The summed E-state index contributed by atoms with van der Waals surface area (Å²) in [6.07, 6.45) is 3.95. The Morgan fingerprint density at radius 2 is 2.39 bits per heavy atom. The highest BCUT2D eigenvalue weighted by Gasteiger charge is 2.13. The van der Waals surface area contributed by atoms with Crippen molar-refractivity contribution < 1.29 is 9.21 Å². The van der Waals surface area contributed by atoms with Crippen LogP contribution in [0.4, 0.5) is 0 Å². The van der Waals surface area contributed by atoms with Crippen LogP contribution < -0.4 is 10.6 Å². The van der Waals surface area contributed by atoms with Gasteiger partial charge < -0.3 is 15.1 Å². The average molecular weight is 248 g/mol. The summed E-state index contributed by atoms with van der Waals surface area (Å²) in [5, 5.41) is 6.15. The molecule has 0 bridgehead atoms. The molecule has 2 heterocycles. The van der Waals surface area contributed by atoms with Gasteiger partial charge in [-0.2, -0.15) is 0 Å². The van der Waals surface area contributed by atoms with Gasteiger partial charge in [-0.05, 0) is 31.5 Å². The van der Waals surface area contributed by atoms with Gasteiger partial charge in [-0.25, -0.2) is 0 Å². The summed E-state index contributed by atoms with van der Waals surface area (Å²) in [4.78, 5) is 11.9. The van der Waals surface area contributed by atoms with Crippen molar-refractivity contribution in [3.05, 3.63) is 34.8 Å². The first kappa shape index (κ1) is 12.9. The standard InChI is InChI=1S/C14H20N2O2/c1-3-12-10(2)8-13(18-12)14(17)16-9-11-4-6-15-7-5-11/h4,8,15H,3,5-7,9H2,1-2H3,(H,16,17). The third-order valence-corrected chi connectivity index (χ3v) is 3.20. The number of carbonyl (C=O) groups is 1. The molecule has 4 nitrogen and oxygen atoms in total. The number of rotatable bonds is 4. The smallest absolute Gasteiger partial charge is 0.287 e. The molecule has 98 valence electrons. The summed E-state index contributed by atoms with van der Waals surface area (Å²) in [6.45, 7) is 6.48. The van der Waals surface area contributed by atoms with E-state index in [2.05, 4.69) is 16.7 Å². The van der Waals surface area contributed by atoms with E-state index < -0.39 is 0 Å². The quantitative estimate of drug-likeness (QED) is 0.799. The fraction of sp³-hybridized carbons (Fsp3) is 0.500. The van der Waals surface area contributed by atoms with E-state index in [1.165, 1.54) is 5.57 Å². The van der Waals surface area contributed by atoms with Crippen LogP contribution in [0.2, 0.25) is 0 Å². The summed E-state index contributed by atoms with van der Waals surface area (Å²) in [5.41, 5.74) is 2.32. The number of nitrogens with one attached hydrogen (secondary N) is 2. The lowest BCUT2D eigenvalue weighted by atomic mass is 10.1. The minimum absolute atomic E-state index is 0.128. The first-order chi connectivity index (χ1) is 8.70. The van der Waals surface area contributed by atoms with Crippen molar-refractivity contribution in [3.8, 4) is 0 Å². The van der Waals surface area contributed by atoms with Crippen molar-refractivity contribution >= 4 is 5.91 Å². The van der Waals surface area contributed by atoms with Gasteiger partial charge in [0.2, 0.25) is 0 Å². The van der Waals surface area contributed by atoms with E-state index in [1.54, 1.807) is 0 Å². The van der Waals surface area contributed by atoms with Gasteiger partial charge in [-0.1, -0.05) is 18.6 Å². The third kappa shape index (κ3) is 3.01. The van der Waals surface area contributed by atoms with Crippen molar-refractivity contribution in [1.29, 1.82) is 0 Å². The van der Waals surface area contributed by atoms with Gasteiger partial charge in [0.15, 0.2) is 5.76 Å². The lowest BCUT2D eigenvalue weighted by molar-refractivity contribution is 0.0927. The van der Waals surface area contributed by atoms with Crippen LogP contribution in [0.25, 0.3) is 0 Å². The molecule has 4 heteroatoms. The molecule has 0 aliphatic carbocycles. The zero-order chi connectivity index (χ0) is 13.0. The fourth-order valence-corrected chi connectivity index (χ4v) is 2.09. The monoisotopic (exact) mass is 248 g/mol. The van der Waals surface area contributed by atoms with Crippen molar-refractivity contribution in [1.82, 2.24) is 10.6 Å². The van der Waals surface area contributed by atoms with Crippen molar-refractivity contribution in [2.24, 2.45) is 0 Å². The second-order valence-corrected chi connectivity index (χ2v) is 4.57. The molecule has 0 saturated heterocycles. The minimum Gasteiger partial charge on any atom is -0.456 e. The third-order valence-electron chi connectivity index (χ3n) is 3.20. The van der Waals surface area contributed by atoms with E-state index in [1.807, 2.05) is 19.9 Å². The van der Waals surface area contributed by atoms with Gasteiger partial charge in [0.05, 0.1) is 0 Å². The summed E-state index contributed by atoms with van der Waals surface area (Å²) >= 11 is 0. The highest BCUT2D eigenvalue weighted by Crippen LogP contribution is 2.15. The van der Waals surface area contributed by atoms with E-state index in [0.29, 0.717) is 12.3 Å². The first-order valence-electron chi connectivity index (χ1n) is 6.47. The van der Waals surface area contributed by atoms with Crippen LogP contribution in [0.5, 0.6) is 0 Å². The Bertz CT molecular complexity index is 460. The maximum Gasteiger partial charge on any atom is 0.287 e. The molecule has 0 spiro atoms. The van der Waals surface area contributed by atoms with E-state index in [0.717, 1.165) is 37.3 Å². The number of furan rings is 1. The summed E-state index contributed by atoms with van der Waals surface area (Å²) in [5.74, 6) is 1.18. The predicted molar refractivity (Wildman–Crippen MR) is 70.7 cm³/mol. The van der Waals surface area contributed by atoms with Gasteiger partial charge in [0.1, 0.15) is 5.76 Å². The normalized spacial score (nSPS) is 15.3. The molecule has 0 saturated carbocycles. The van der Waals surface area contributed by atoms with E-state index >= 15 is 0 Å². The van der Waals surface area contributed by atoms with Crippen LogP contribution >= 0.6 is 0 Å². The van der Waals surface area contributed by atoms with Gasteiger partial charge in [-0.3, -0.25) is 4.79 Å². The number of hydrogen-bond donors (Lipinski definition) is 2. The summed E-state index contributed by atoms with van der Waals surface area (Å²) in [6, 6.07) is 1.81. The van der Waals surface area contributed by atoms with Gasteiger partial charge in [0.25, 0.3) is 5.91 Å². The lowest BCUT2D eigenvalue weighted by Crippen LogP contribution is -2.29. The van der Waals surface area contributed by atoms with Crippen molar-refractivity contribution in [3.63, 3.8) is 0 Å². The number of amides is 1. The molecule has 0 aromatic carbocycles. The second-order valence-electron chi connectivity index (χ2n) is 4.57. The van der Waals surface area contributed by atoms with E-state index in [-0.39, 0.29) is 5.91 Å². The summed E-state index contributed by atoms with van der Waals surface area (Å²) in [7, 11) is 0. The van der Waals surface area contributed by atoms with Crippen LogP contribution in [0.15, 0.2) is 22.1 Å². The molecule has 0 unspecified atom stereocenters. The molecule has 0 fully saturated rings. The minimum atomic E-state index is -0.128. The largest absolute Gasteiger partial charge is 0.456 e. The molecule has 1 aliphatic heterocycles. The first-order valence-corrected chi connectivity index (χ1v) is 6.47. The van der Waals surface area contributed by atoms with Crippen molar-refractivity contribution in [2.75, 3.05) is 19.6 Å². The Balaban J connectivity index is 1.92. The maximum atomic E-state index is 11.9. The van der Waals surface area contributed by atoms with E-state index in [9.17, 15) is 4.79 Å². The second kappa shape index (κ2) is 5.87. The highest BCUT2D eigenvalue weighted by atomic mass is 16.4. The zero-order valence-corrected chi connectivity index (χ0v) is 11.0. The number of carbonyl (C=O) groups excluding carboxylic acids is 1. The van der Waals surface area contributed by atoms with Gasteiger partial charge in [-0.15, -0.1) is 0 Å². The predicted octanol–water partition coefficient (Wildman–Crippen LogP) is 1.80. The maximum absolute atomic E-state index is 11.9. The Labute approximate surface area is 107 Å². The molecule has 0 atom stereocenters. The van der Waals surface area contributed by atoms with Crippen molar-refractivity contribution in [2.45, 2.75) is 26.7 Å². The van der Waals surface area contributed by atoms with Crippen LogP contribution in [-0.4, -0.2) is 25.5 Å². The van der Waals surface area contributed by atoms with Crippen LogP contribution in [0.1, 0.15) is 35.2 Å². The molecule has 0 radical (unpaired) electrons. The average Bonchev–Trinajstić information content (AvgIpc) is 2.78. The topological polar surface area (TPSA) is 54.3 Å². The Hall–Kier alpha value is -1.55. The van der Waals surface area contributed by atoms with Crippen LogP contribution in [-0.2, 0) is 6.42 Å². The molecule has 18 heavy (non-hydrogen) atoms. The molecule has 1 aliphatic rings. The molecule has 2 rings (SSSR count).